The summed E-state index contributed by atoms with van der Waals surface area (Å²) in [6.07, 6.45) is 0.966. The van der Waals surface area contributed by atoms with Crippen LogP contribution in [0.2, 0.25) is 0 Å². The van der Waals surface area contributed by atoms with Crippen molar-refractivity contribution < 1.29 is 19.2 Å². The van der Waals surface area contributed by atoms with Crippen molar-refractivity contribution in [3.8, 4) is 0 Å². The highest BCUT2D eigenvalue weighted by molar-refractivity contribution is 5.96. The number of rotatable bonds is 23. The molecule has 0 unspecified atom stereocenters. The van der Waals surface area contributed by atoms with Crippen molar-refractivity contribution in [3.05, 3.63) is 0 Å². The molecule has 0 bridgehead atoms. The van der Waals surface area contributed by atoms with Crippen LogP contribution >= 0.6 is 0 Å². The predicted octanol–water partition coefficient (Wildman–Crippen LogP) is -3.12. The molecular weight excluding hydrogens is 416 g/mol. The standard InChI is InChI=1S/C20H42N8O4/c1-3-21-5-10-27(11-6-22-4-2)13-8-25-19(31)15-20(32)26-9-14-28(16-24-18-30)12-7-23-17-29/h17-18,21-22H,3-16H2,1-2H3,(H,23,29)(H,24,30)(H,25,31)(H,26,32). The molecule has 0 fully saturated rings. The van der Waals surface area contributed by atoms with E-state index in [9.17, 15) is 19.2 Å². The molecular formula is C20H42N8O4. The highest BCUT2D eigenvalue weighted by Gasteiger charge is 2.11. The van der Waals surface area contributed by atoms with Gasteiger partial charge in [0.25, 0.3) is 0 Å². The third kappa shape index (κ3) is 18.5. The molecule has 6 N–H and O–H groups in total. The zero-order chi connectivity index (χ0) is 23.9. The summed E-state index contributed by atoms with van der Waals surface area (Å²) in [5.41, 5.74) is 0. The van der Waals surface area contributed by atoms with Crippen LogP contribution in [-0.2, 0) is 19.2 Å². The van der Waals surface area contributed by atoms with E-state index in [0.717, 1.165) is 45.8 Å². The van der Waals surface area contributed by atoms with Crippen LogP contribution in [-0.4, -0.2) is 120 Å². The normalized spacial score (nSPS) is 10.8. The number of amides is 4. The van der Waals surface area contributed by atoms with Gasteiger partial charge in [-0.1, -0.05) is 13.8 Å². The fraction of sp³-hybridized carbons (Fsp3) is 0.800. The SMILES string of the molecule is CCNCCN(CCNCC)CCNC(=O)CC(=O)NCCN(CCNC=O)CNC=O. The number of nitrogens with zero attached hydrogens (tertiary/aromatic N) is 2. The molecule has 0 aliphatic carbocycles. The quantitative estimate of drug-likeness (QED) is 0.0408. The Hall–Kier alpha value is -2.28. The molecule has 0 spiro atoms. The van der Waals surface area contributed by atoms with Gasteiger partial charge in [0.15, 0.2) is 0 Å². The molecule has 186 valence electrons. The fourth-order valence-corrected chi connectivity index (χ4v) is 2.86. The smallest absolute Gasteiger partial charge is 0.229 e. The van der Waals surface area contributed by atoms with Gasteiger partial charge in [-0.25, -0.2) is 0 Å². The molecule has 12 heteroatoms. The van der Waals surface area contributed by atoms with Gasteiger partial charge in [0.2, 0.25) is 24.6 Å². The molecule has 0 aliphatic heterocycles. The Morgan fingerprint density at radius 2 is 1.12 bits per heavy atom. The number of nitrogens with one attached hydrogen (secondary N) is 6. The molecule has 32 heavy (non-hydrogen) atoms. The van der Waals surface area contributed by atoms with E-state index in [1.54, 1.807) is 0 Å². The number of hydrogen-bond donors (Lipinski definition) is 6. The highest BCUT2D eigenvalue weighted by Crippen LogP contribution is 1.88. The summed E-state index contributed by atoms with van der Waals surface area (Å²) < 4.78 is 0. The van der Waals surface area contributed by atoms with Crippen LogP contribution in [0.3, 0.4) is 0 Å². The van der Waals surface area contributed by atoms with Crippen molar-refractivity contribution in [2.24, 2.45) is 0 Å². The van der Waals surface area contributed by atoms with Crippen molar-refractivity contribution in [2.45, 2.75) is 20.3 Å². The Bertz CT molecular complexity index is 500. The lowest BCUT2D eigenvalue weighted by Crippen LogP contribution is -2.43. The second-order valence-corrected chi connectivity index (χ2v) is 7.10. The summed E-state index contributed by atoms with van der Waals surface area (Å²) in [6, 6.07) is 0. The molecule has 4 amide bonds. The molecule has 0 radical (unpaired) electrons. The van der Waals surface area contributed by atoms with Crippen molar-refractivity contribution >= 4 is 24.6 Å². The van der Waals surface area contributed by atoms with Crippen LogP contribution in [0.4, 0.5) is 0 Å². The van der Waals surface area contributed by atoms with E-state index in [4.69, 9.17) is 0 Å². The van der Waals surface area contributed by atoms with Crippen molar-refractivity contribution in [1.82, 2.24) is 41.7 Å². The molecule has 0 atom stereocenters. The molecule has 0 aromatic heterocycles. The first-order chi connectivity index (χ1) is 15.6. The third-order valence-corrected chi connectivity index (χ3v) is 4.59. The Morgan fingerprint density at radius 1 is 0.656 bits per heavy atom. The molecule has 0 aliphatic rings. The minimum Gasteiger partial charge on any atom is -0.357 e. The van der Waals surface area contributed by atoms with Crippen LogP contribution in [0.5, 0.6) is 0 Å². The lowest BCUT2D eigenvalue weighted by molar-refractivity contribution is -0.129. The zero-order valence-corrected chi connectivity index (χ0v) is 19.6. The number of carbonyl (C=O) groups is 4. The van der Waals surface area contributed by atoms with Crippen molar-refractivity contribution in [1.29, 1.82) is 0 Å². The van der Waals surface area contributed by atoms with Crippen molar-refractivity contribution in [3.63, 3.8) is 0 Å². The van der Waals surface area contributed by atoms with Gasteiger partial charge in [-0.05, 0) is 13.1 Å². The van der Waals surface area contributed by atoms with Crippen LogP contribution in [0.1, 0.15) is 20.3 Å². The van der Waals surface area contributed by atoms with Gasteiger partial charge in [-0.15, -0.1) is 0 Å². The first kappa shape index (κ1) is 29.7. The third-order valence-electron chi connectivity index (χ3n) is 4.59. The minimum atomic E-state index is -0.354. The lowest BCUT2D eigenvalue weighted by atomic mass is 10.3. The first-order valence-electron chi connectivity index (χ1n) is 11.3. The predicted molar refractivity (Wildman–Crippen MR) is 124 cm³/mol. The second kappa shape index (κ2) is 21.9. The Morgan fingerprint density at radius 3 is 1.62 bits per heavy atom. The van der Waals surface area contributed by atoms with Gasteiger partial charge < -0.3 is 31.9 Å². The molecule has 0 saturated carbocycles. The average molecular weight is 459 g/mol. The summed E-state index contributed by atoms with van der Waals surface area (Å²) in [7, 11) is 0. The number of hydrogen-bond acceptors (Lipinski definition) is 8. The Labute approximate surface area is 191 Å². The minimum absolute atomic E-state index is 0.228. The Kier molecular flexibility index (Phi) is 20.4. The van der Waals surface area contributed by atoms with Gasteiger partial charge >= 0.3 is 0 Å². The molecule has 0 saturated heterocycles. The van der Waals surface area contributed by atoms with Crippen LogP contribution in [0.15, 0.2) is 0 Å². The summed E-state index contributed by atoms with van der Waals surface area (Å²) in [6.45, 7) is 12.8. The monoisotopic (exact) mass is 458 g/mol. The van der Waals surface area contributed by atoms with E-state index >= 15 is 0 Å². The number of likely N-dealkylation sites (N-methyl/N-ethyl adjacent to an activating group) is 2. The maximum atomic E-state index is 12.1. The summed E-state index contributed by atoms with van der Waals surface area (Å²) in [5.74, 6) is -0.663. The molecule has 0 aromatic carbocycles. The Balaban J connectivity index is 4.13. The van der Waals surface area contributed by atoms with Gasteiger partial charge in [0, 0.05) is 65.4 Å². The van der Waals surface area contributed by atoms with E-state index in [0.29, 0.717) is 52.2 Å². The van der Waals surface area contributed by atoms with E-state index in [-0.39, 0.29) is 18.2 Å². The van der Waals surface area contributed by atoms with Crippen LogP contribution in [0.25, 0.3) is 0 Å². The molecule has 0 heterocycles. The van der Waals surface area contributed by atoms with E-state index in [2.05, 4.69) is 50.6 Å². The largest absolute Gasteiger partial charge is 0.357 e. The average Bonchev–Trinajstić information content (AvgIpc) is 2.77. The summed E-state index contributed by atoms with van der Waals surface area (Å²) in [5, 5.41) is 17.2. The second-order valence-electron chi connectivity index (χ2n) is 7.10. The first-order valence-corrected chi connectivity index (χ1v) is 11.3. The fourth-order valence-electron chi connectivity index (χ4n) is 2.86. The van der Waals surface area contributed by atoms with Crippen LogP contribution < -0.4 is 31.9 Å². The molecule has 12 nitrogen and oxygen atoms in total. The topological polar surface area (TPSA) is 147 Å². The van der Waals surface area contributed by atoms with E-state index in [1.165, 1.54) is 0 Å². The van der Waals surface area contributed by atoms with E-state index in [1.807, 2.05) is 4.90 Å². The maximum absolute atomic E-state index is 12.1. The highest BCUT2D eigenvalue weighted by atomic mass is 16.2. The van der Waals surface area contributed by atoms with Gasteiger partial charge in [-0.3, -0.25) is 29.0 Å². The summed E-state index contributed by atoms with van der Waals surface area (Å²) >= 11 is 0. The van der Waals surface area contributed by atoms with Gasteiger partial charge in [0.05, 0.1) is 6.67 Å². The van der Waals surface area contributed by atoms with Gasteiger partial charge in [-0.2, -0.15) is 0 Å². The number of carbonyl (C=O) groups excluding carboxylic acids is 4. The maximum Gasteiger partial charge on any atom is 0.229 e. The lowest BCUT2D eigenvalue weighted by Gasteiger charge is -2.23. The zero-order valence-electron chi connectivity index (χ0n) is 19.6. The van der Waals surface area contributed by atoms with E-state index < -0.39 is 0 Å². The molecule has 0 rings (SSSR count). The van der Waals surface area contributed by atoms with Crippen molar-refractivity contribution in [2.75, 3.05) is 85.2 Å². The summed E-state index contributed by atoms with van der Waals surface area (Å²) in [4.78, 5) is 49.0. The molecule has 0 aromatic rings. The van der Waals surface area contributed by atoms with Crippen LogP contribution in [0, 0.1) is 0 Å². The van der Waals surface area contributed by atoms with Gasteiger partial charge in [0.1, 0.15) is 6.42 Å².